The zero-order chi connectivity index (χ0) is 47.2. The zero-order valence-corrected chi connectivity index (χ0v) is 42.4. The van der Waals surface area contributed by atoms with Crippen LogP contribution in [0, 0.1) is 6.92 Å². The number of phenols is 2. The summed E-state index contributed by atoms with van der Waals surface area (Å²) >= 11 is 0. The van der Waals surface area contributed by atoms with Gasteiger partial charge in [-0.2, -0.15) is 0 Å². The highest BCUT2D eigenvalue weighted by Gasteiger charge is 2.19. The van der Waals surface area contributed by atoms with Gasteiger partial charge in [-0.05, 0) is 211 Å². The molecule has 0 radical (unpaired) electrons. The van der Waals surface area contributed by atoms with E-state index in [2.05, 4.69) is 137 Å². The van der Waals surface area contributed by atoms with Crippen molar-refractivity contribution in [1.82, 2.24) is 0 Å². The normalized spacial score (nSPS) is 14.3. The molecule has 352 valence electrons. The van der Waals surface area contributed by atoms with Crippen LogP contribution >= 0.6 is 0 Å². The third kappa shape index (κ3) is 26.5. The van der Waals surface area contributed by atoms with E-state index in [-0.39, 0.29) is 22.6 Å². The van der Waals surface area contributed by atoms with Crippen molar-refractivity contribution >= 4 is 0 Å². The Balaban J connectivity index is 2.32. The van der Waals surface area contributed by atoms with Crippen molar-refractivity contribution in [3.63, 3.8) is 0 Å². The molecule has 0 bridgehead atoms. The molecule has 1 aromatic carbocycles. The summed E-state index contributed by atoms with van der Waals surface area (Å²) in [5, 5.41) is 40.4. The van der Waals surface area contributed by atoms with Crippen LogP contribution in [0.3, 0.4) is 0 Å². The van der Waals surface area contributed by atoms with E-state index < -0.39 is 13.2 Å². The Bertz CT molecular complexity index is 1840. The fraction of sp³-hybridized carbons (Fsp3) is 0.559. The second kappa shape index (κ2) is 33.6. The molecule has 0 saturated heterocycles. The van der Waals surface area contributed by atoms with Gasteiger partial charge in [-0.3, -0.25) is 0 Å². The van der Waals surface area contributed by atoms with Crippen molar-refractivity contribution in [3.8, 4) is 11.5 Å². The monoisotopic (exact) mass is 865 g/mol. The molecule has 0 unspecified atom stereocenters. The average Bonchev–Trinajstić information content (AvgIpc) is 3.21. The number of aromatic hydroxyl groups is 2. The maximum absolute atomic E-state index is 10.7. The van der Waals surface area contributed by atoms with Gasteiger partial charge in [-0.1, -0.05) is 116 Å². The van der Waals surface area contributed by atoms with E-state index in [1.807, 2.05) is 0 Å². The van der Waals surface area contributed by atoms with Gasteiger partial charge < -0.3 is 20.4 Å². The molecule has 0 aliphatic rings. The van der Waals surface area contributed by atoms with Crippen molar-refractivity contribution in [2.45, 2.75) is 218 Å². The average molecular weight is 865 g/mol. The Morgan fingerprint density at radius 1 is 0.317 bits per heavy atom. The van der Waals surface area contributed by atoms with Gasteiger partial charge in [-0.25, -0.2) is 0 Å². The summed E-state index contributed by atoms with van der Waals surface area (Å²) < 4.78 is 0. The van der Waals surface area contributed by atoms with Gasteiger partial charge in [0.15, 0.2) is 0 Å². The third-order valence-electron chi connectivity index (χ3n) is 12.3. The number of benzene rings is 1. The van der Waals surface area contributed by atoms with Crippen molar-refractivity contribution in [2.24, 2.45) is 0 Å². The van der Waals surface area contributed by atoms with E-state index in [0.717, 1.165) is 103 Å². The van der Waals surface area contributed by atoms with Crippen molar-refractivity contribution in [1.29, 1.82) is 0 Å². The highest BCUT2D eigenvalue weighted by Crippen LogP contribution is 2.38. The van der Waals surface area contributed by atoms with Crippen LogP contribution in [0.4, 0.5) is 0 Å². The van der Waals surface area contributed by atoms with Crippen LogP contribution in [0.2, 0.25) is 0 Å². The predicted octanol–water partition coefficient (Wildman–Crippen LogP) is 17.4. The maximum Gasteiger partial charge on any atom is 0.125 e. The second-order valence-electron chi connectivity index (χ2n) is 18.9. The Morgan fingerprint density at radius 2 is 0.540 bits per heavy atom. The number of aliphatic hydroxyl groups is 2. The summed E-state index contributed by atoms with van der Waals surface area (Å²) in [7, 11) is 0. The predicted molar refractivity (Wildman–Crippen MR) is 276 cm³/mol. The first-order valence-electron chi connectivity index (χ1n) is 24.3. The number of hydrogen-bond donors (Lipinski definition) is 4. The van der Waals surface area contributed by atoms with Crippen molar-refractivity contribution in [2.75, 3.05) is 0 Å². The van der Waals surface area contributed by atoms with Crippen LogP contribution in [-0.4, -0.2) is 20.4 Å². The minimum atomic E-state index is -0.437. The molecule has 0 fully saturated rings. The van der Waals surface area contributed by atoms with Crippen LogP contribution in [0.5, 0.6) is 11.5 Å². The lowest BCUT2D eigenvalue weighted by Gasteiger charge is -2.17. The lowest BCUT2D eigenvalue weighted by molar-refractivity contribution is 0.249. The molecule has 0 atom stereocenters. The zero-order valence-electron chi connectivity index (χ0n) is 42.4. The molecule has 1 aromatic rings. The first-order chi connectivity index (χ1) is 30.0. The Kier molecular flexibility index (Phi) is 30.5. The number of hydrogen-bond acceptors (Lipinski definition) is 4. The van der Waals surface area contributed by atoms with Crippen LogP contribution in [0.15, 0.2) is 116 Å². The lowest BCUT2D eigenvalue weighted by atomic mass is 9.93. The van der Waals surface area contributed by atoms with Crippen LogP contribution in [-0.2, 0) is 19.6 Å². The fourth-order valence-electron chi connectivity index (χ4n) is 7.76. The van der Waals surface area contributed by atoms with E-state index in [1.165, 1.54) is 68.6 Å². The molecule has 0 aliphatic carbocycles. The molecule has 0 aliphatic heterocycles. The summed E-state index contributed by atoms with van der Waals surface area (Å²) in [5.74, 6) is -0.0984. The highest BCUT2D eigenvalue weighted by molar-refractivity contribution is 5.58. The number of aliphatic hydroxyl groups excluding tert-OH is 2. The Hall–Kier alpha value is -3.86. The first-order valence-corrected chi connectivity index (χ1v) is 24.3. The van der Waals surface area contributed by atoms with E-state index in [0.29, 0.717) is 17.5 Å². The molecule has 4 heteroatoms. The Morgan fingerprint density at radius 3 is 0.778 bits per heavy atom. The van der Waals surface area contributed by atoms with E-state index in [1.54, 1.807) is 6.92 Å². The molecular formula is C59H92O4. The molecule has 0 saturated carbocycles. The summed E-state index contributed by atoms with van der Waals surface area (Å²) in [6.45, 7) is 25.5. The minimum Gasteiger partial charge on any atom is -0.507 e. The topological polar surface area (TPSA) is 80.9 Å². The standard InChI is InChI=1S/C59H92O4/c1-44(2)22-13-23-45(3)24-14-25-46(4)26-15-27-47(5)28-16-29-48(6)30-17-31-49(7)32-18-33-50(8)34-19-35-51(9)36-20-37-52(10)38-21-39-53(11)40-41-55-54(12)58(62)56(42-60)57(43-61)59(55)63/h22,24,26,28,30,32,34,36,38,40,60-63H,13-21,23,25,27,29,31,33,35,37,39,41-43H2,1-12H3. The van der Waals surface area contributed by atoms with Gasteiger partial charge in [0.05, 0.1) is 13.2 Å². The van der Waals surface area contributed by atoms with Gasteiger partial charge in [0.25, 0.3) is 0 Å². The maximum atomic E-state index is 10.7. The van der Waals surface area contributed by atoms with Crippen LogP contribution < -0.4 is 0 Å². The second-order valence-corrected chi connectivity index (χ2v) is 18.9. The summed E-state index contributed by atoms with van der Waals surface area (Å²) in [5.41, 5.74) is 16.1. The summed E-state index contributed by atoms with van der Waals surface area (Å²) in [6.07, 6.45) is 44.3. The van der Waals surface area contributed by atoms with Crippen molar-refractivity contribution < 1.29 is 20.4 Å². The van der Waals surface area contributed by atoms with Gasteiger partial charge in [0.1, 0.15) is 11.5 Å². The number of allylic oxidation sites excluding steroid dienone is 20. The molecule has 4 N–H and O–H groups in total. The number of rotatable bonds is 31. The highest BCUT2D eigenvalue weighted by atomic mass is 16.3. The molecule has 0 aromatic heterocycles. The van der Waals surface area contributed by atoms with E-state index >= 15 is 0 Å². The van der Waals surface area contributed by atoms with Gasteiger partial charge in [0, 0.05) is 16.7 Å². The third-order valence-corrected chi connectivity index (χ3v) is 12.3. The summed E-state index contributed by atoms with van der Waals surface area (Å²) in [4.78, 5) is 0. The van der Waals surface area contributed by atoms with Crippen LogP contribution in [0.25, 0.3) is 0 Å². The SMILES string of the molecule is CC(C)=CCCC(C)=CCCC(C)=CCCC(C)=CCCC(C)=CCCC(C)=CCCC(C)=CCCC(C)=CCCC(C)=CCCC(C)=CCc1c(C)c(O)c(CO)c(CO)c1O. The van der Waals surface area contributed by atoms with E-state index in [9.17, 15) is 20.4 Å². The van der Waals surface area contributed by atoms with Crippen LogP contribution in [0.1, 0.15) is 214 Å². The van der Waals surface area contributed by atoms with Gasteiger partial charge >= 0.3 is 0 Å². The largest absolute Gasteiger partial charge is 0.507 e. The lowest BCUT2D eigenvalue weighted by Crippen LogP contribution is -2.02. The Labute approximate surface area is 387 Å². The fourth-order valence-corrected chi connectivity index (χ4v) is 7.76. The molecule has 0 heterocycles. The molecule has 0 spiro atoms. The quantitative estimate of drug-likeness (QED) is 0.0443. The van der Waals surface area contributed by atoms with Gasteiger partial charge in [-0.15, -0.1) is 0 Å². The van der Waals surface area contributed by atoms with E-state index in [4.69, 9.17) is 0 Å². The summed E-state index contributed by atoms with van der Waals surface area (Å²) in [6, 6.07) is 0. The molecule has 63 heavy (non-hydrogen) atoms. The molecule has 0 amide bonds. The smallest absolute Gasteiger partial charge is 0.125 e. The van der Waals surface area contributed by atoms with Gasteiger partial charge in [0.2, 0.25) is 0 Å². The van der Waals surface area contributed by atoms with Crippen molar-refractivity contribution in [3.05, 3.63) is 139 Å². The first kappa shape index (κ1) is 57.2. The molecule has 4 nitrogen and oxygen atoms in total. The minimum absolute atomic E-state index is 0.0420. The molecule has 1 rings (SSSR count). The molecular weight excluding hydrogens is 773 g/mol.